The minimum atomic E-state index is 0.806. The zero-order chi connectivity index (χ0) is 13.1. The van der Waals surface area contributed by atoms with Crippen LogP contribution in [0, 0.1) is 12.8 Å². The Morgan fingerprint density at radius 2 is 1.89 bits per heavy atom. The van der Waals surface area contributed by atoms with Gasteiger partial charge in [0.1, 0.15) is 11.5 Å². The van der Waals surface area contributed by atoms with Crippen molar-refractivity contribution in [1.29, 1.82) is 0 Å². The van der Waals surface area contributed by atoms with E-state index in [4.69, 9.17) is 4.74 Å². The standard InChI is InChI=1S/C18H18O/c1-14-5-2-3-8-18(14)19-17-7-4-6-16(13-17)12-11-15-9-10-15/h2-8,11-13,15H,9-10H2,1H3/b12-11+. The van der Waals surface area contributed by atoms with E-state index in [9.17, 15) is 0 Å². The van der Waals surface area contributed by atoms with Crippen LogP contribution in [0.15, 0.2) is 54.6 Å². The zero-order valence-electron chi connectivity index (χ0n) is 11.2. The third-order valence-corrected chi connectivity index (χ3v) is 3.36. The van der Waals surface area contributed by atoms with Crippen LogP contribution in [0.2, 0.25) is 0 Å². The Morgan fingerprint density at radius 1 is 1.05 bits per heavy atom. The van der Waals surface area contributed by atoms with Gasteiger partial charge in [-0.05, 0) is 55.0 Å². The zero-order valence-corrected chi connectivity index (χ0v) is 11.2. The van der Waals surface area contributed by atoms with E-state index in [0.717, 1.165) is 23.0 Å². The molecular formula is C18H18O. The van der Waals surface area contributed by atoms with Crippen LogP contribution in [0.1, 0.15) is 24.0 Å². The smallest absolute Gasteiger partial charge is 0.130 e. The van der Waals surface area contributed by atoms with E-state index in [-0.39, 0.29) is 0 Å². The number of aryl methyl sites for hydroxylation is 1. The van der Waals surface area contributed by atoms with Crippen LogP contribution < -0.4 is 4.74 Å². The molecule has 0 heterocycles. The van der Waals surface area contributed by atoms with Gasteiger partial charge in [-0.25, -0.2) is 0 Å². The molecule has 19 heavy (non-hydrogen) atoms. The Bertz CT molecular complexity index is 594. The van der Waals surface area contributed by atoms with Crippen molar-refractivity contribution in [2.45, 2.75) is 19.8 Å². The Balaban J connectivity index is 1.77. The Kier molecular flexibility index (Phi) is 3.37. The Morgan fingerprint density at radius 3 is 2.68 bits per heavy atom. The summed E-state index contributed by atoms with van der Waals surface area (Å²) in [5.74, 6) is 2.62. The van der Waals surface area contributed by atoms with Gasteiger partial charge < -0.3 is 4.74 Å². The van der Waals surface area contributed by atoms with E-state index in [1.807, 2.05) is 30.3 Å². The molecular weight excluding hydrogens is 232 g/mol. The van der Waals surface area contributed by atoms with E-state index in [1.165, 1.54) is 18.4 Å². The first-order valence-electron chi connectivity index (χ1n) is 6.83. The summed E-state index contributed by atoms with van der Waals surface area (Å²) in [5, 5.41) is 0. The van der Waals surface area contributed by atoms with Crippen LogP contribution >= 0.6 is 0 Å². The summed E-state index contributed by atoms with van der Waals surface area (Å²) in [6.45, 7) is 2.06. The molecule has 96 valence electrons. The molecule has 3 rings (SSSR count). The van der Waals surface area contributed by atoms with E-state index in [2.05, 4.69) is 37.3 Å². The second-order valence-corrected chi connectivity index (χ2v) is 5.14. The van der Waals surface area contributed by atoms with Crippen LogP contribution in [-0.4, -0.2) is 0 Å². The maximum atomic E-state index is 5.94. The minimum Gasteiger partial charge on any atom is -0.457 e. The molecule has 0 N–H and O–H groups in total. The number of hydrogen-bond donors (Lipinski definition) is 0. The lowest BCUT2D eigenvalue weighted by Gasteiger charge is -2.08. The molecule has 1 aliphatic rings. The summed E-state index contributed by atoms with van der Waals surface area (Å²) < 4.78 is 5.94. The van der Waals surface area contributed by atoms with Gasteiger partial charge in [-0.2, -0.15) is 0 Å². The highest BCUT2D eigenvalue weighted by molar-refractivity contribution is 5.53. The second-order valence-electron chi connectivity index (χ2n) is 5.14. The third-order valence-electron chi connectivity index (χ3n) is 3.36. The monoisotopic (exact) mass is 250 g/mol. The number of rotatable bonds is 4. The average Bonchev–Trinajstić information content (AvgIpc) is 3.24. The van der Waals surface area contributed by atoms with Gasteiger partial charge in [-0.15, -0.1) is 0 Å². The van der Waals surface area contributed by atoms with E-state index in [1.54, 1.807) is 0 Å². The van der Waals surface area contributed by atoms with Crippen molar-refractivity contribution in [3.05, 3.63) is 65.7 Å². The Hall–Kier alpha value is -2.02. The first-order chi connectivity index (χ1) is 9.31. The highest BCUT2D eigenvalue weighted by Gasteiger charge is 2.16. The quantitative estimate of drug-likeness (QED) is 0.723. The topological polar surface area (TPSA) is 9.23 Å². The lowest BCUT2D eigenvalue weighted by atomic mass is 10.2. The van der Waals surface area contributed by atoms with Gasteiger partial charge in [0.25, 0.3) is 0 Å². The Labute approximate surface area is 114 Å². The second kappa shape index (κ2) is 5.31. The van der Waals surface area contributed by atoms with Gasteiger partial charge >= 0.3 is 0 Å². The summed E-state index contributed by atoms with van der Waals surface area (Å²) >= 11 is 0. The molecule has 0 amide bonds. The van der Waals surface area contributed by atoms with Crippen molar-refractivity contribution in [2.75, 3.05) is 0 Å². The molecule has 0 aliphatic heterocycles. The summed E-state index contributed by atoms with van der Waals surface area (Å²) in [7, 11) is 0. The van der Waals surface area contributed by atoms with E-state index >= 15 is 0 Å². The van der Waals surface area contributed by atoms with Crippen LogP contribution in [0.3, 0.4) is 0 Å². The number of allylic oxidation sites excluding steroid dienone is 1. The van der Waals surface area contributed by atoms with Crippen molar-refractivity contribution < 1.29 is 4.74 Å². The van der Waals surface area contributed by atoms with Crippen LogP contribution in [-0.2, 0) is 0 Å². The minimum absolute atomic E-state index is 0.806. The molecule has 1 heteroatoms. The maximum absolute atomic E-state index is 5.94. The average molecular weight is 250 g/mol. The summed E-state index contributed by atoms with van der Waals surface area (Å²) in [6, 6.07) is 16.3. The molecule has 2 aromatic rings. The molecule has 1 saturated carbocycles. The SMILES string of the molecule is Cc1ccccc1Oc1cccc(/C=C/C2CC2)c1. The molecule has 0 spiro atoms. The largest absolute Gasteiger partial charge is 0.457 e. The van der Waals surface area contributed by atoms with Crippen LogP contribution in [0.5, 0.6) is 11.5 Å². The van der Waals surface area contributed by atoms with Crippen molar-refractivity contribution in [1.82, 2.24) is 0 Å². The number of benzene rings is 2. The molecule has 1 fully saturated rings. The molecule has 0 radical (unpaired) electrons. The molecule has 0 aromatic heterocycles. The molecule has 0 bridgehead atoms. The van der Waals surface area contributed by atoms with Crippen LogP contribution in [0.25, 0.3) is 6.08 Å². The van der Waals surface area contributed by atoms with E-state index < -0.39 is 0 Å². The summed E-state index contributed by atoms with van der Waals surface area (Å²) in [5.41, 5.74) is 2.36. The molecule has 1 aliphatic carbocycles. The molecule has 0 saturated heterocycles. The number of para-hydroxylation sites is 1. The fraction of sp³-hybridized carbons (Fsp3) is 0.222. The van der Waals surface area contributed by atoms with Gasteiger partial charge in [0.2, 0.25) is 0 Å². The highest BCUT2D eigenvalue weighted by Crippen LogP contribution is 2.31. The van der Waals surface area contributed by atoms with Crippen LogP contribution in [0.4, 0.5) is 0 Å². The summed E-state index contributed by atoms with van der Waals surface area (Å²) in [4.78, 5) is 0. The third kappa shape index (κ3) is 3.25. The predicted octanol–water partition coefficient (Wildman–Crippen LogP) is 5.21. The number of ether oxygens (including phenoxy) is 1. The highest BCUT2D eigenvalue weighted by atomic mass is 16.5. The van der Waals surface area contributed by atoms with Gasteiger partial charge in [-0.1, -0.05) is 42.5 Å². The molecule has 1 nitrogen and oxygen atoms in total. The van der Waals surface area contributed by atoms with Crippen molar-refractivity contribution in [3.63, 3.8) is 0 Å². The number of hydrogen-bond acceptors (Lipinski definition) is 1. The van der Waals surface area contributed by atoms with Gasteiger partial charge in [0.05, 0.1) is 0 Å². The van der Waals surface area contributed by atoms with Gasteiger partial charge in [-0.3, -0.25) is 0 Å². The maximum Gasteiger partial charge on any atom is 0.130 e. The van der Waals surface area contributed by atoms with Gasteiger partial charge in [0.15, 0.2) is 0 Å². The first kappa shape index (κ1) is 12.0. The molecule has 0 unspecified atom stereocenters. The normalized spacial score (nSPS) is 14.8. The fourth-order valence-corrected chi connectivity index (χ4v) is 2.02. The molecule has 2 aromatic carbocycles. The van der Waals surface area contributed by atoms with Crippen molar-refractivity contribution >= 4 is 6.08 Å². The van der Waals surface area contributed by atoms with Crippen molar-refractivity contribution in [3.8, 4) is 11.5 Å². The molecule has 0 atom stereocenters. The first-order valence-corrected chi connectivity index (χ1v) is 6.83. The van der Waals surface area contributed by atoms with Crippen molar-refractivity contribution in [2.24, 2.45) is 5.92 Å². The van der Waals surface area contributed by atoms with E-state index in [0.29, 0.717) is 0 Å². The fourth-order valence-electron chi connectivity index (χ4n) is 2.02. The predicted molar refractivity (Wildman–Crippen MR) is 79.5 cm³/mol. The summed E-state index contributed by atoms with van der Waals surface area (Å²) in [6.07, 6.45) is 7.18. The van der Waals surface area contributed by atoms with Gasteiger partial charge in [0, 0.05) is 0 Å². The lowest BCUT2D eigenvalue weighted by molar-refractivity contribution is 0.479. The lowest BCUT2D eigenvalue weighted by Crippen LogP contribution is -1.87.